The minimum absolute atomic E-state index is 0.158. The number of aliphatic carboxylic acids is 1. The van der Waals surface area contributed by atoms with Gasteiger partial charge in [0, 0.05) is 19.5 Å². The van der Waals surface area contributed by atoms with Gasteiger partial charge in [0.15, 0.2) is 0 Å². The van der Waals surface area contributed by atoms with Crippen molar-refractivity contribution in [2.75, 3.05) is 19.7 Å². The number of amides is 1. The number of morpholine rings is 1. The van der Waals surface area contributed by atoms with Gasteiger partial charge in [0.05, 0.1) is 24.7 Å². The summed E-state index contributed by atoms with van der Waals surface area (Å²) >= 11 is 0. The number of benzene rings is 1. The lowest BCUT2D eigenvalue weighted by Crippen LogP contribution is -2.46. The molecular weight excluding hydrogens is 327 g/mol. The maximum atomic E-state index is 12.5. The van der Waals surface area contributed by atoms with Crippen molar-refractivity contribution in [2.45, 2.75) is 31.5 Å². The molecule has 1 atom stereocenters. The molecule has 132 valence electrons. The Bertz CT molecular complexity index is 586. The average molecular weight is 345 g/mol. The van der Waals surface area contributed by atoms with Gasteiger partial charge in [-0.2, -0.15) is 13.2 Å². The number of nitrogens with zero attached hydrogens (tertiary/aromatic N) is 1. The number of carbonyl (C=O) groups excluding carboxylic acids is 1. The Hall–Kier alpha value is -2.09. The molecule has 1 aliphatic heterocycles. The number of ether oxygens (including phenoxy) is 1. The fraction of sp³-hybridized carbons (Fsp3) is 0.500. The van der Waals surface area contributed by atoms with Crippen molar-refractivity contribution in [1.29, 1.82) is 0 Å². The Morgan fingerprint density at radius 2 is 1.92 bits per heavy atom. The van der Waals surface area contributed by atoms with Crippen LogP contribution in [-0.4, -0.2) is 47.7 Å². The van der Waals surface area contributed by atoms with Gasteiger partial charge >= 0.3 is 12.1 Å². The molecule has 5 nitrogen and oxygen atoms in total. The summed E-state index contributed by atoms with van der Waals surface area (Å²) in [5.74, 6) is -1.15. The summed E-state index contributed by atoms with van der Waals surface area (Å²) in [6.45, 7) is 0.893. The molecule has 1 N–H and O–H groups in total. The van der Waals surface area contributed by atoms with Crippen LogP contribution in [0.1, 0.15) is 24.0 Å². The van der Waals surface area contributed by atoms with Crippen LogP contribution in [0.2, 0.25) is 0 Å². The number of aryl methyl sites for hydroxylation is 1. The van der Waals surface area contributed by atoms with Crippen molar-refractivity contribution in [3.8, 4) is 0 Å². The molecule has 0 saturated carbocycles. The number of hydrogen-bond acceptors (Lipinski definition) is 3. The fourth-order valence-corrected chi connectivity index (χ4v) is 2.53. The zero-order valence-electron chi connectivity index (χ0n) is 12.9. The molecule has 24 heavy (non-hydrogen) atoms. The first-order valence-corrected chi connectivity index (χ1v) is 7.53. The molecule has 1 fully saturated rings. The lowest BCUT2D eigenvalue weighted by atomic mass is 10.1. The third kappa shape index (κ3) is 5.23. The van der Waals surface area contributed by atoms with Gasteiger partial charge in [-0.1, -0.05) is 12.1 Å². The Kier molecular flexibility index (Phi) is 5.82. The van der Waals surface area contributed by atoms with Gasteiger partial charge in [0.2, 0.25) is 5.91 Å². The van der Waals surface area contributed by atoms with Gasteiger partial charge in [0.1, 0.15) is 0 Å². The number of carboxylic acid groups (broad SMARTS) is 1. The molecular formula is C16H18F3NO4. The molecule has 1 amide bonds. The van der Waals surface area contributed by atoms with Crippen LogP contribution in [0.3, 0.4) is 0 Å². The van der Waals surface area contributed by atoms with Gasteiger partial charge in [-0.05, 0) is 24.1 Å². The average Bonchev–Trinajstić information content (AvgIpc) is 2.52. The van der Waals surface area contributed by atoms with Gasteiger partial charge in [0.25, 0.3) is 0 Å². The monoisotopic (exact) mass is 345 g/mol. The Morgan fingerprint density at radius 1 is 1.25 bits per heavy atom. The highest BCUT2D eigenvalue weighted by Crippen LogP contribution is 2.29. The lowest BCUT2D eigenvalue weighted by Gasteiger charge is -2.32. The second kappa shape index (κ2) is 7.65. The molecule has 8 heteroatoms. The quantitative estimate of drug-likeness (QED) is 0.890. The SMILES string of the molecule is O=C(O)C[C@H]1CN(C(=O)CCc2ccc(C(F)(F)F)cc2)CCO1. The first-order chi connectivity index (χ1) is 11.3. The van der Waals surface area contributed by atoms with Crippen molar-refractivity contribution < 1.29 is 32.6 Å². The van der Waals surface area contributed by atoms with E-state index in [9.17, 15) is 22.8 Å². The van der Waals surface area contributed by atoms with Gasteiger partial charge < -0.3 is 14.7 Å². The number of carboxylic acids is 1. The standard InChI is InChI=1S/C16H18F3NO4/c17-16(18,19)12-4-1-11(2-5-12)3-6-14(21)20-7-8-24-13(10-20)9-15(22)23/h1-2,4-5,13H,3,6-10H2,(H,22,23)/t13-/m0/s1. The van der Waals surface area contributed by atoms with Crippen molar-refractivity contribution in [3.63, 3.8) is 0 Å². The number of carbonyl (C=O) groups is 2. The molecule has 0 radical (unpaired) electrons. The molecule has 2 rings (SSSR count). The van der Waals surface area contributed by atoms with Crippen molar-refractivity contribution in [3.05, 3.63) is 35.4 Å². The van der Waals surface area contributed by atoms with E-state index in [4.69, 9.17) is 9.84 Å². The lowest BCUT2D eigenvalue weighted by molar-refractivity contribution is -0.147. The first kappa shape index (κ1) is 18.3. The number of hydrogen-bond donors (Lipinski definition) is 1. The van der Waals surface area contributed by atoms with Crippen LogP contribution in [0, 0.1) is 0 Å². The minimum Gasteiger partial charge on any atom is -0.481 e. The van der Waals surface area contributed by atoms with Crippen molar-refractivity contribution in [1.82, 2.24) is 4.90 Å². The number of halogens is 3. The van der Waals surface area contributed by atoms with Gasteiger partial charge in [-0.15, -0.1) is 0 Å². The summed E-state index contributed by atoms with van der Waals surface area (Å²) in [6.07, 6.45) is -4.57. The highest BCUT2D eigenvalue weighted by molar-refractivity contribution is 5.76. The third-order valence-corrected chi connectivity index (χ3v) is 3.80. The van der Waals surface area contributed by atoms with E-state index in [1.165, 1.54) is 12.1 Å². The molecule has 1 aliphatic rings. The van der Waals surface area contributed by atoms with Crippen LogP contribution < -0.4 is 0 Å². The van der Waals surface area contributed by atoms with E-state index in [1.807, 2.05) is 0 Å². The zero-order valence-corrected chi connectivity index (χ0v) is 12.9. The Balaban J connectivity index is 1.85. The summed E-state index contributed by atoms with van der Waals surface area (Å²) < 4.78 is 42.8. The molecule has 0 aliphatic carbocycles. The zero-order chi connectivity index (χ0) is 17.7. The van der Waals surface area contributed by atoms with Gasteiger partial charge in [-0.3, -0.25) is 9.59 Å². The van der Waals surface area contributed by atoms with E-state index in [0.29, 0.717) is 18.5 Å². The van der Waals surface area contributed by atoms with E-state index in [1.54, 1.807) is 4.90 Å². The highest BCUT2D eigenvalue weighted by Gasteiger charge is 2.30. The maximum Gasteiger partial charge on any atom is 0.416 e. The summed E-state index contributed by atoms with van der Waals surface area (Å²) in [5.41, 5.74) is -0.0750. The van der Waals surface area contributed by atoms with Crippen LogP contribution in [0.5, 0.6) is 0 Å². The second-order valence-electron chi connectivity index (χ2n) is 5.63. The van der Waals surface area contributed by atoms with E-state index in [0.717, 1.165) is 12.1 Å². The first-order valence-electron chi connectivity index (χ1n) is 7.53. The highest BCUT2D eigenvalue weighted by atomic mass is 19.4. The second-order valence-corrected chi connectivity index (χ2v) is 5.63. The van der Waals surface area contributed by atoms with Crippen molar-refractivity contribution in [2.24, 2.45) is 0 Å². The molecule has 1 saturated heterocycles. The van der Waals surface area contributed by atoms with Crippen LogP contribution in [-0.2, 0) is 26.9 Å². The molecule has 0 unspecified atom stereocenters. The molecule has 1 aromatic rings. The Morgan fingerprint density at radius 3 is 2.50 bits per heavy atom. The van der Waals surface area contributed by atoms with Crippen LogP contribution in [0.15, 0.2) is 24.3 Å². The molecule has 1 aromatic carbocycles. The van der Waals surface area contributed by atoms with E-state index in [2.05, 4.69) is 0 Å². The number of alkyl halides is 3. The Labute approximate surface area is 137 Å². The van der Waals surface area contributed by atoms with Crippen LogP contribution in [0.4, 0.5) is 13.2 Å². The summed E-state index contributed by atoms with van der Waals surface area (Å²) in [4.78, 5) is 24.4. The van der Waals surface area contributed by atoms with Crippen LogP contribution in [0.25, 0.3) is 0 Å². The minimum atomic E-state index is -4.37. The van der Waals surface area contributed by atoms with E-state index < -0.39 is 23.8 Å². The fourth-order valence-electron chi connectivity index (χ4n) is 2.53. The van der Waals surface area contributed by atoms with E-state index in [-0.39, 0.29) is 31.9 Å². The third-order valence-electron chi connectivity index (χ3n) is 3.80. The number of rotatable bonds is 5. The molecule has 0 bridgehead atoms. The summed E-state index contributed by atoms with van der Waals surface area (Å²) in [7, 11) is 0. The normalized spacial score (nSPS) is 18.5. The van der Waals surface area contributed by atoms with Gasteiger partial charge in [-0.25, -0.2) is 0 Å². The topological polar surface area (TPSA) is 66.8 Å². The summed E-state index contributed by atoms with van der Waals surface area (Å²) in [6, 6.07) is 4.72. The predicted molar refractivity (Wildman–Crippen MR) is 78.3 cm³/mol. The largest absolute Gasteiger partial charge is 0.481 e. The predicted octanol–water partition coefficient (Wildman–Crippen LogP) is 2.34. The van der Waals surface area contributed by atoms with Crippen molar-refractivity contribution >= 4 is 11.9 Å². The smallest absolute Gasteiger partial charge is 0.416 e. The maximum absolute atomic E-state index is 12.5. The van der Waals surface area contributed by atoms with E-state index >= 15 is 0 Å². The molecule has 1 heterocycles. The van der Waals surface area contributed by atoms with Crippen LogP contribution >= 0.6 is 0 Å². The summed E-state index contributed by atoms with van der Waals surface area (Å²) in [5, 5.41) is 8.76. The molecule has 0 spiro atoms. The molecule has 0 aromatic heterocycles.